The van der Waals surface area contributed by atoms with Crippen LogP contribution in [0.25, 0.3) is 21.6 Å². The van der Waals surface area contributed by atoms with E-state index in [9.17, 15) is 18.5 Å². The fourth-order valence-electron chi connectivity index (χ4n) is 2.72. The normalized spacial score (nSPS) is 11.1. The molecular weight excluding hydrogens is 424 g/mol. The van der Waals surface area contributed by atoms with Gasteiger partial charge in [-0.05, 0) is 60.2 Å². The van der Waals surface area contributed by atoms with E-state index in [0.29, 0.717) is 11.3 Å². The number of hydrogen-bond acceptors (Lipinski definition) is 6. The number of thiophene rings is 1. The highest BCUT2D eigenvalue weighted by molar-refractivity contribution is 7.93. The van der Waals surface area contributed by atoms with Gasteiger partial charge in [0.25, 0.3) is 0 Å². The van der Waals surface area contributed by atoms with Crippen LogP contribution in [0.15, 0.2) is 53.9 Å². The Bertz CT molecular complexity index is 1220. The van der Waals surface area contributed by atoms with Crippen LogP contribution in [0, 0.1) is 11.3 Å². The van der Waals surface area contributed by atoms with Gasteiger partial charge in [0.15, 0.2) is 0 Å². The molecule has 0 aliphatic heterocycles. The molecule has 0 amide bonds. The number of carbonyl (C=O) groups is 1. The van der Waals surface area contributed by atoms with E-state index >= 15 is 0 Å². The fourth-order valence-corrected chi connectivity index (χ4v) is 4.35. The maximum atomic E-state index is 12.2. The lowest BCUT2D eigenvalue weighted by Crippen LogP contribution is -2.22. The molecule has 2 N–H and O–H groups in total. The lowest BCUT2D eigenvalue weighted by atomic mass is 9.98. The van der Waals surface area contributed by atoms with Crippen molar-refractivity contribution in [3.8, 4) is 33.4 Å². The Balaban J connectivity index is 1.91. The van der Waals surface area contributed by atoms with Crippen LogP contribution >= 0.6 is 11.3 Å². The van der Waals surface area contributed by atoms with Crippen molar-refractivity contribution in [2.45, 2.75) is 19.1 Å². The number of sulfonamides is 1. The summed E-state index contributed by atoms with van der Waals surface area (Å²) in [6.45, 7) is 3.23. The molecule has 0 saturated heterocycles. The number of benzene rings is 2. The smallest absolute Gasteiger partial charge is 0.449 e. The largest absolute Gasteiger partial charge is 0.511 e. The minimum absolute atomic E-state index is 0.0695. The Hall–Kier alpha value is -3.35. The maximum absolute atomic E-state index is 12.2. The number of nitrogens with one attached hydrogen (secondary N) is 1. The third kappa shape index (κ3) is 4.62. The van der Waals surface area contributed by atoms with Crippen molar-refractivity contribution < 1.29 is 23.1 Å². The SMILES string of the molecule is CC(C)S(=O)(=O)Nc1ccsc1-c1ccc(-c2ccc(OC(=O)O)cc2C#N)cc1. The number of anilines is 1. The predicted octanol–water partition coefficient (Wildman–Crippen LogP) is 5.16. The minimum Gasteiger partial charge on any atom is -0.449 e. The molecule has 0 spiro atoms. The predicted molar refractivity (Wildman–Crippen MR) is 116 cm³/mol. The highest BCUT2D eigenvalue weighted by atomic mass is 32.2. The third-order valence-corrected chi connectivity index (χ3v) is 7.02. The van der Waals surface area contributed by atoms with Crippen molar-refractivity contribution in [1.82, 2.24) is 0 Å². The molecule has 30 heavy (non-hydrogen) atoms. The van der Waals surface area contributed by atoms with Gasteiger partial charge in [-0.1, -0.05) is 24.3 Å². The summed E-state index contributed by atoms with van der Waals surface area (Å²) in [6, 6.07) is 15.6. The standard InChI is InChI=1S/C21H18N2O5S2/c1-13(2)30(26,27)23-19-9-10-29-20(19)15-5-3-14(4-6-15)18-8-7-17(28-21(24)25)11-16(18)12-22/h3-11,13,23H,1-2H3,(H,24,25). The summed E-state index contributed by atoms with van der Waals surface area (Å²) in [5, 5.41) is 19.4. The van der Waals surface area contributed by atoms with Crippen LogP contribution in [0.3, 0.4) is 0 Å². The summed E-state index contributed by atoms with van der Waals surface area (Å²) in [5.74, 6) is 0.0695. The van der Waals surface area contributed by atoms with Gasteiger partial charge in [0.2, 0.25) is 10.0 Å². The summed E-state index contributed by atoms with van der Waals surface area (Å²) in [5.41, 5.74) is 3.03. The summed E-state index contributed by atoms with van der Waals surface area (Å²) < 4.78 is 31.6. The van der Waals surface area contributed by atoms with E-state index in [1.165, 1.54) is 23.5 Å². The number of nitriles is 1. The van der Waals surface area contributed by atoms with Crippen LogP contribution in [0.4, 0.5) is 10.5 Å². The first-order valence-electron chi connectivity index (χ1n) is 8.86. The van der Waals surface area contributed by atoms with Gasteiger partial charge in [-0.15, -0.1) is 11.3 Å². The lowest BCUT2D eigenvalue weighted by Gasteiger charge is -2.12. The fraction of sp³-hybridized carbons (Fsp3) is 0.143. The Kier molecular flexibility index (Phi) is 6.10. The molecule has 3 aromatic rings. The van der Waals surface area contributed by atoms with Crippen LogP contribution in [0.1, 0.15) is 19.4 Å². The van der Waals surface area contributed by atoms with Crippen molar-refractivity contribution in [1.29, 1.82) is 5.26 Å². The summed E-state index contributed by atoms with van der Waals surface area (Å²) >= 11 is 1.42. The van der Waals surface area contributed by atoms with Crippen molar-refractivity contribution >= 4 is 33.2 Å². The van der Waals surface area contributed by atoms with Gasteiger partial charge in [-0.3, -0.25) is 4.72 Å². The summed E-state index contributed by atoms with van der Waals surface area (Å²) in [4.78, 5) is 11.5. The van der Waals surface area contributed by atoms with Crippen LogP contribution in [0.5, 0.6) is 5.75 Å². The first-order valence-corrected chi connectivity index (χ1v) is 11.3. The second-order valence-electron chi connectivity index (χ2n) is 6.62. The molecule has 0 atom stereocenters. The van der Waals surface area contributed by atoms with Gasteiger partial charge in [0, 0.05) is 0 Å². The highest BCUT2D eigenvalue weighted by Crippen LogP contribution is 2.36. The van der Waals surface area contributed by atoms with Gasteiger partial charge in [-0.2, -0.15) is 5.26 Å². The first kappa shape index (κ1) is 21.4. The monoisotopic (exact) mass is 442 g/mol. The van der Waals surface area contributed by atoms with Gasteiger partial charge in [0.05, 0.1) is 27.4 Å². The molecule has 0 fully saturated rings. The second kappa shape index (κ2) is 8.57. The maximum Gasteiger partial charge on any atom is 0.511 e. The summed E-state index contributed by atoms with van der Waals surface area (Å²) in [7, 11) is -3.46. The molecule has 0 aliphatic carbocycles. The Morgan fingerprint density at radius 3 is 2.40 bits per heavy atom. The van der Waals surface area contributed by atoms with E-state index in [1.807, 2.05) is 35.7 Å². The number of hydrogen-bond donors (Lipinski definition) is 2. The Morgan fingerprint density at radius 2 is 1.80 bits per heavy atom. The van der Waals surface area contributed by atoms with Crippen molar-refractivity contribution in [3.63, 3.8) is 0 Å². The van der Waals surface area contributed by atoms with Gasteiger partial charge in [0.1, 0.15) is 5.75 Å². The molecular formula is C21H18N2O5S2. The molecule has 1 aromatic heterocycles. The quantitative estimate of drug-likeness (QED) is 0.402. The molecule has 154 valence electrons. The van der Waals surface area contributed by atoms with Crippen molar-refractivity contribution in [2.24, 2.45) is 0 Å². The van der Waals surface area contributed by atoms with E-state index in [2.05, 4.69) is 9.46 Å². The topological polar surface area (TPSA) is 116 Å². The molecule has 0 aliphatic rings. The minimum atomic E-state index is -3.46. The second-order valence-corrected chi connectivity index (χ2v) is 9.78. The zero-order valence-electron chi connectivity index (χ0n) is 16.1. The van der Waals surface area contributed by atoms with Crippen LogP contribution in [-0.4, -0.2) is 24.9 Å². The zero-order chi connectivity index (χ0) is 21.9. The van der Waals surface area contributed by atoms with Crippen LogP contribution in [-0.2, 0) is 10.0 Å². The van der Waals surface area contributed by atoms with Crippen molar-refractivity contribution in [3.05, 3.63) is 59.5 Å². The number of nitrogens with zero attached hydrogens (tertiary/aromatic N) is 1. The summed E-state index contributed by atoms with van der Waals surface area (Å²) in [6.07, 6.45) is -1.45. The van der Waals surface area contributed by atoms with E-state index in [4.69, 9.17) is 5.11 Å². The Morgan fingerprint density at radius 1 is 1.13 bits per heavy atom. The van der Waals surface area contributed by atoms with Gasteiger partial charge >= 0.3 is 6.16 Å². The average Bonchev–Trinajstić information content (AvgIpc) is 3.15. The highest BCUT2D eigenvalue weighted by Gasteiger charge is 2.18. The van der Waals surface area contributed by atoms with Crippen LogP contribution in [0.2, 0.25) is 0 Å². The molecule has 9 heteroatoms. The Labute approximate surface area is 178 Å². The van der Waals surface area contributed by atoms with Gasteiger partial charge in [-0.25, -0.2) is 13.2 Å². The third-order valence-electron chi connectivity index (χ3n) is 4.31. The average molecular weight is 443 g/mol. The van der Waals surface area contributed by atoms with Gasteiger partial charge < -0.3 is 9.84 Å². The number of ether oxygens (including phenoxy) is 1. The van der Waals surface area contributed by atoms with E-state index < -0.39 is 21.4 Å². The number of rotatable bonds is 6. The van der Waals surface area contributed by atoms with E-state index in [0.717, 1.165) is 16.0 Å². The molecule has 7 nitrogen and oxygen atoms in total. The molecule has 0 radical (unpaired) electrons. The molecule has 0 bridgehead atoms. The molecule has 3 rings (SSSR count). The van der Waals surface area contributed by atoms with E-state index in [-0.39, 0.29) is 11.3 Å². The first-order chi connectivity index (χ1) is 14.2. The molecule has 1 heterocycles. The zero-order valence-corrected chi connectivity index (χ0v) is 17.8. The molecule has 0 unspecified atom stereocenters. The van der Waals surface area contributed by atoms with Crippen LogP contribution < -0.4 is 9.46 Å². The molecule has 0 saturated carbocycles. The van der Waals surface area contributed by atoms with Crippen molar-refractivity contribution in [2.75, 3.05) is 4.72 Å². The van der Waals surface area contributed by atoms with E-state index in [1.54, 1.807) is 26.0 Å². The number of carboxylic acid groups (broad SMARTS) is 1. The lowest BCUT2D eigenvalue weighted by molar-refractivity contribution is 0.144. The molecule has 2 aromatic carbocycles.